The van der Waals surface area contributed by atoms with Gasteiger partial charge < -0.3 is 15.7 Å². The molecule has 0 aromatic heterocycles. The van der Waals surface area contributed by atoms with E-state index in [9.17, 15) is 0 Å². The normalized spacial score (nSPS) is 20.9. The molecule has 0 spiro atoms. The summed E-state index contributed by atoms with van der Waals surface area (Å²) in [6, 6.07) is 8.01. The van der Waals surface area contributed by atoms with Crippen molar-refractivity contribution < 1.29 is 5.11 Å². The molecule has 1 aliphatic rings. The Labute approximate surface area is 90.5 Å². The highest BCUT2D eigenvalue weighted by atomic mass is 16.3. The summed E-state index contributed by atoms with van der Waals surface area (Å²) in [7, 11) is 0. The molecule has 1 heterocycles. The Bertz CT molecular complexity index is 310. The summed E-state index contributed by atoms with van der Waals surface area (Å²) in [5, 5.41) is 8.88. The maximum absolute atomic E-state index is 8.88. The highest BCUT2D eigenvalue weighted by Crippen LogP contribution is 2.25. The molecular formula is C12H18N2O. The monoisotopic (exact) mass is 206 g/mol. The molecule has 1 saturated heterocycles. The van der Waals surface area contributed by atoms with Gasteiger partial charge in [0.05, 0.1) is 0 Å². The molecule has 0 saturated carbocycles. The fraction of sp³-hybridized carbons (Fsp3) is 0.500. The van der Waals surface area contributed by atoms with Crippen LogP contribution in [0.4, 0.5) is 11.4 Å². The smallest absolute Gasteiger partial charge is 0.0434 e. The van der Waals surface area contributed by atoms with Crippen LogP contribution in [0.5, 0.6) is 0 Å². The van der Waals surface area contributed by atoms with E-state index in [4.69, 9.17) is 10.8 Å². The summed E-state index contributed by atoms with van der Waals surface area (Å²) in [6.07, 6.45) is 2.11. The third-order valence-corrected chi connectivity index (χ3v) is 3.08. The Morgan fingerprint density at radius 2 is 2.07 bits per heavy atom. The number of nitrogens with two attached hydrogens (primary N) is 1. The van der Waals surface area contributed by atoms with Crippen molar-refractivity contribution in [2.45, 2.75) is 12.8 Å². The molecule has 1 aliphatic heterocycles. The average molecular weight is 206 g/mol. The van der Waals surface area contributed by atoms with Gasteiger partial charge in [-0.25, -0.2) is 0 Å². The molecule has 1 aromatic rings. The molecule has 0 bridgehead atoms. The molecule has 1 atom stereocenters. The number of aliphatic hydroxyl groups excluding tert-OH is 1. The Balaban J connectivity index is 1.98. The van der Waals surface area contributed by atoms with Gasteiger partial charge in [-0.2, -0.15) is 0 Å². The Morgan fingerprint density at radius 3 is 2.73 bits per heavy atom. The number of nitrogen functional groups attached to an aromatic ring is 1. The molecular weight excluding hydrogens is 188 g/mol. The van der Waals surface area contributed by atoms with Crippen LogP contribution in [0, 0.1) is 5.92 Å². The topological polar surface area (TPSA) is 49.5 Å². The standard InChI is InChI=1S/C12H18N2O/c13-11-1-3-12(4-2-11)14-7-5-10(9-14)6-8-15/h1-4,10,15H,5-9,13H2. The number of rotatable bonds is 3. The molecule has 15 heavy (non-hydrogen) atoms. The quantitative estimate of drug-likeness (QED) is 0.736. The maximum Gasteiger partial charge on any atom is 0.0434 e. The fourth-order valence-corrected chi connectivity index (χ4v) is 2.17. The van der Waals surface area contributed by atoms with E-state index in [0.29, 0.717) is 12.5 Å². The second kappa shape index (κ2) is 4.53. The molecule has 0 aliphatic carbocycles. The van der Waals surface area contributed by atoms with Crippen molar-refractivity contribution in [3.05, 3.63) is 24.3 Å². The molecule has 2 rings (SSSR count). The average Bonchev–Trinajstić information content (AvgIpc) is 2.68. The van der Waals surface area contributed by atoms with Crippen molar-refractivity contribution >= 4 is 11.4 Å². The van der Waals surface area contributed by atoms with E-state index in [0.717, 1.165) is 25.2 Å². The molecule has 0 amide bonds. The van der Waals surface area contributed by atoms with Gasteiger partial charge in [0.25, 0.3) is 0 Å². The van der Waals surface area contributed by atoms with Gasteiger partial charge in [0.15, 0.2) is 0 Å². The van der Waals surface area contributed by atoms with Crippen LogP contribution in [0.25, 0.3) is 0 Å². The third-order valence-electron chi connectivity index (χ3n) is 3.08. The van der Waals surface area contributed by atoms with E-state index in [2.05, 4.69) is 17.0 Å². The van der Waals surface area contributed by atoms with Gasteiger partial charge in [-0.1, -0.05) is 0 Å². The van der Waals surface area contributed by atoms with Crippen LogP contribution in [0.1, 0.15) is 12.8 Å². The lowest BCUT2D eigenvalue weighted by Gasteiger charge is -2.18. The first kappa shape index (κ1) is 10.3. The number of aliphatic hydroxyl groups is 1. The van der Waals surface area contributed by atoms with Crippen molar-refractivity contribution in [3.8, 4) is 0 Å². The van der Waals surface area contributed by atoms with Crippen molar-refractivity contribution in [2.24, 2.45) is 5.92 Å². The van der Waals surface area contributed by atoms with Crippen molar-refractivity contribution in [2.75, 3.05) is 30.3 Å². The highest BCUT2D eigenvalue weighted by molar-refractivity contribution is 5.53. The Kier molecular flexibility index (Phi) is 3.11. The van der Waals surface area contributed by atoms with Crippen LogP contribution in [0.15, 0.2) is 24.3 Å². The number of benzene rings is 1. The summed E-state index contributed by atoms with van der Waals surface area (Å²) >= 11 is 0. The van der Waals surface area contributed by atoms with Crippen LogP contribution in [0.3, 0.4) is 0 Å². The van der Waals surface area contributed by atoms with Crippen LogP contribution >= 0.6 is 0 Å². The summed E-state index contributed by atoms with van der Waals surface area (Å²) in [6.45, 7) is 2.46. The van der Waals surface area contributed by atoms with Crippen molar-refractivity contribution in [1.82, 2.24) is 0 Å². The first-order chi connectivity index (χ1) is 7.29. The van der Waals surface area contributed by atoms with Crippen molar-refractivity contribution in [3.63, 3.8) is 0 Å². The van der Waals surface area contributed by atoms with E-state index >= 15 is 0 Å². The third kappa shape index (κ3) is 2.42. The summed E-state index contributed by atoms with van der Waals surface area (Å²) < 4.78 is 0. The zero-order valence-corrected chi connectivity index (χ0v) is 8.89. The maximum atomic E-state index is 8.88. The zero-order valence-electron chi connectivity index (χ0n) is 8.89. The lowest BCUT2D eigenvalue weighted by molar-refractivity contribution is 0.263. The van der Waals surface area contributed by atoms with Gasteiger partial charge in [-0.3, -0.25) is 0 Å². The van der Waals surface area contributed by atoms with Crippen LogP contribution < -0.4 is 10.6 Å². The number of hydrogen-bond donors (Lipinski definition) is 2. The summed E-state index contributed by atoms with van der Waals surface area (Å²) in [4.78, 5) is 2.36. The second-order valence-corrected chi connectivity index (χ2v) is 4.20. The van der Waals surface area contributed by atoms with E-state index < -0.39 is 0 Å². The van der Waals surface area contributed by atoms with Gasteiger partial charge in [0.1, 0.15) is 0 Å². The minimum Gasteiger partial charge on any atom is -0.399 e. The van der Waals surface area contributed by atoms with E-state index in [-0.39, 0.29) is 0 Å². The van der Waals surface area contributed by atoms with Crippen LogP contribution in [-0.4, -0.2) is 24.8 Å². The highest BCUT2D eigenvalue weighted by Gasteiger charge is 2.21. The lowest BCUT2D eigenvalue weighted by atomic mass is 10.1. The Hall–Kier alpha value is -1.22. The first-order valence-corrected chi connectivity index (χ1v) is 5.51. The number of nitrogens with zero attached hydrogens (tertiary/aromatic N) is 1. The largest absolute Gasteiger partial charge is 0.399 e. The molecule has 1 unspecified atom stereocenters. The lowest BCUT2D eigenvalue weighted by Crippen LogP contribution is -2.19. The predicted molar refractivity (Wildman–Crippen MR) is 62.9 cm³/mol. The van der Waals surface area contributed by atoms with E-state index in [1.165, 1.54) is 12.1 Å². The van der Waals surface area contributed by atoms with Gasteiger partial charge in [-0.05, 0) is 43.0 Å². The first-order valence-electron chi connectivity index (χ1n) is 5.51. The molecule has 82 valence electrons. The SMILES string of the molecule is Nc1ccc(N2CCC(CCO)C2)cc1. The van der Waals surface area contributed by atoms with Crippen LogP contribution in [0.2, 0.25) is 0 Å². The Morgan fingerprint density at radius 1 is 1.33 bits per heavy atom. The van der Waals surface area contributed by atoms with Gasteiger partial charge in [0, 0.05) is 31.1 Å². The predicted octanol–water partition coefficient (Wildman–Crippen LogP) is 1.48. The van der Waals surface area contributed by atoms with E-state index in [1.807, 2.05) is 12.1 Å². The van der Waals surface area contributed by atoms with Gasteiger partial charge in [-0.15, -0.1) is 0 Å². The molecule has 3 nitrogen and oxygen atoms in total. The summed E-state index contributed by atoms with van der Waals surface area (Å²) in [5.74, 6) is 0.646. The van der Waals surface area contributed by atoms with E-state index in [1.54, 1.807) is 0 Å². The van der Waals surface area contributed by atoms with Crippen LogP contribution in [-0.2, 0) is 0 Å². The van der Waals surface area contributed by atoms with Gasteiger partial charge in [0.2, 0.25) is 0 Å². The minimum absolute atomic E-state index is 0.306. The van der Waals surface area contributed by atoms with Crippen molar-refractivity contribution in [1.29, 1.82) is 0 Å². The number of anilines is 2. The summed E-state index contributed by atoms with van der Waals surface area (Å²) in [5.41, 5.74) is 7.70. The molecule has 1 fully saturated rings. The molecule has 1 aromatic carbocycles. The zero-order chi connectivity index (χ0) is 10.7. The fourth-order valence-electron chi connectivity index (χ4n) is 2.17. The van der Waals surface area contributed by atoms with Gasteiger partial charge >= 0.3 is 0 Å². The number of hydrogen-bond acceptors (Lipinski definition) is 3. The molecule has 0 radical (unpaired) electrons. The second-order valence-electron chi connectivity index (χ2n) is 4.20. The molecule has 3 heteroatoms. The minimum atomic E-state index is 0.306. The molecule has 3 N–H and O–H groups in total.